The Labute approximate surface area is 109 Å². The lowest BCUT2D eigenvalue weighted by molar-refractivity contribution is 0.0947. The highest BCUT2D eigenvalue weighted by Gasteiger charge is 2.12. The van der Waals surface area contributed by atoms with E-state index in [1.165, 1.54) is 0 Å². The summed E-state index contributed by atoms with van der Waals surface area (Å²) in [6.45, 7) is 4.95. The third-order valence-electron chi connectivity index (χ3n) is 3.21. The van der Waals surface area contributed by atoms with E-state index in [-0.39, 0.29) is 5.91 Å². The summed E-state index contributed by atoms with van der Waals surface area (Å²) in [5, 5.41) is 2.92. The minimum absolute atomic E-state index is 0.123. The lowest BCUT2D eigenvalue weighted by Gasteiger charge is -2.14. The number of nitrogens with two attached hydrogens (primary N) is 1. The topological polar surface area (TPSA) is 64.3 Å². The summed E-state index contributed by atoms with van der Waals surface area (Å²) in [7, 11) is 1.57. The van der Waals surface area contributed by atoms with Crippen molar-refractivity contribution in [2.24, 2.45) is 5.92 Å². The molecule has 0 aromatic heterocycles. The van der Waals surface area contributed by atoms with Crippen LogP contribution in [0.15, 0.2) is 18.2 Å². The van der Waals surface area contributed by atoms with Crippen LogP contribution in [-0.4, -0.2) is 19.6 Å². The molecule has 4 heteroatoms. The second-order valence-corrected chi connectivity index (χ2v) is 4.35. The van der Waals surface area contributed by atoms with Gasteiger partial charge >= 0.3 is 0 Å². The normalized spacial score (nSPS) is 10.4. The largest absolute Gasteiger partial charge is 0.497 e. The Bertz CT molecular complexity index is 401. The first-order valence-electron chi connectivity index (χ1n) is 6.34. The van der Waals surface area contributed by atoms with Crippen LogP contribution in [0.3, 0.4) is 0 Å². The van der Waals surface area contributed by atoms with E-state index in [1.807, 2.05) is 0 Å². The molecule has 0 aliphatic heterocycles. The van der Waals surface area contributed by atoms with Gasteiger partial charge in [-0.05, 0) is 18.1 Å². The van der Waals surface area contributed by atoms with Gasteiger partial charge in [0.15, 0.2) is 0 Å². The van der Waals surface area contributed by atoms with Gasteiger partial charge in [0.25, 0.3) is 5.91 Å². The summed E-state index contributed by atoms with van der Waals surface area (Å²) in [4.78, 5) is 12.0. The zero-order chi connectivity index (χ0) is 13.5. The van der Waals surface area contributed by atoms with Gasteiger partial charge in [-0.3, -0.25) is 4.79 Å². The summed E-state index contributed by atoms with van der Waals surface area (Å²) in [5.74, 6) is 1.06. The molecule has 100 valence electrons. The maximum Gasteiger partial charge on any atom is 0.253 e. The highest BCUT2D eigenvalue weighted by Crippen LogP contribution is 2.19. The monoisotopic (exact) mass is 250 g/mol. The maximum atomic E-state index is 12.0. The van der Waals surface area contributed by atoms with E-state index in [1.54, 1.807) is 25.3 Å². The van der Waals surface area contributed by atoms with E-state index < -0.39 is 0 Å². The van der Waals surface area contributed by atoms with Crippen LogP contribution in [0, 0.1) is 5.92 Å². The minimum atomic E-state index is -0.123. The summed E-state index contributed by atoms with van der Waals surface area (Å²) in [5.41, 5.74) is 6.77. The van der Waals surface area contributed by atoms with E-state index in [0.717, 1.165) is 12.8 Å². The molecule has 0 radical (unpaired) electrons. The van der Waals surface area contributed by atoms with Crippen molar-refractivity contribution in [1.29, 1.82) is 0 Å². The molecule has 0 spiro atoms. The number of hydrogen-bond donors (Lipinski definition) is 2. The molecule has 1 aromatic carbocycles. The Balaban J connectivity index is 2.67. The molecule has 0 atom stereocenters. The Morgan fingerprint density at radius 3 is 2.56 bits per heavy atom. The number of amides is 1. The first-order chi connectivity index (χ1) is 8.62. The highest BCUT2D eigenvalue weighted by molar-refractivity contribution is 5.99. The van der Waals surface area contributed by atoms with Gasteiger partial charge in [-0.2, -0.15) is 0 Å². The summed E-state index contributed by atoms with van der Waals surface area (Å²) in [6, 6.07) is 5.09. The number of methoxy groups -OCH3 is 1. The average molecular weight is 250 g/mol. The number of nitrogen functional groups attached to an aromatic ring is 1. The molecule has 0 heterocycles. The van der Waals surface area contributed by atoms with Gasteiger partial charge in [0.1, 0.15) is 5.75 Å². The number of anilines is 1. The number of nitrogens with one attached hydrogen (secondary N) is 1. The number of rotatable bonds is 6. The fourth-order valence-corrected chi connectivity index (χ4v) is 1.78. The third-order valence-corrected chi connectivity index (χ3v) is 3.21. The molecular weight excluding hydrogens is 228 g/mol. The lowest BCUT2D eigenvalue weighted by Crippen LogP contribution is -2.29. The molecule has 0 fully saturated rings. The van der Waals surface area contributed by atoms with Crippen LogP contribution in [0.4, 0.5) is 5.69 Å². The van der Waals surface area contributed by atoms with Crippen LogP contribution >= 0.6 is 0 Å². The number of benzene rings is 1. The molecule has 3 N–H and O–H groups in total. The zero-order valence-corrected chi connectivity index (χ0v) is 11.3. The van der Waals surface area contributed by atoms with Crippen LogP contribution in [0.1, 0.15) is 37.0 Å². The lowest BCUT2D eigenvalue weighted by atomic mass is 10.0. The van der Waals surface area contributed by atoms with Gasteiger partial charge < -0.3 is 15.8 Å². The fraction of sp³-hybridized carbons (Fsp3) is 0.500. The van der Waals surface area contributed by atoms with Crippen molar-refractivity contribution >= 4 is 11.6 Å². The van der Waals surface area contributed by atoms with E-state index in [9.17, 15) is 4.79 Å². The van der Waals surface area contributed by atoms with Gasteiger partial charge in [0.05, 0.1) is 12.7 Å². The Morgan fingerprint density at radius 2 is 2.06 bits per heavy atom. The van der Waals surface area contributed by atoms with Gasteiger partial charge in [0, 0.05) is 18.3 Å². The first kappa shape index (κ1) is 14.4. The number of ether oxygens (including phenoxy) is 1. The number of hydrogen-bond acceptors (Lipinski definition) is 3. The van der Waals surface area contributed by atoms with Crippen molar-refractivity contribution in [1.82, 2.24) is 5.32 Å². The number of carbonyl (C=O) groups is 1. The molecule has 18 heavy (non-hydrogen) atoms. The molecule has 0 bridgehead atoms. The average Bonchev–Trinajstić information content (AvgIpc) is 2.39. The SMILES string of the molecule is CCC(CC)CNC(=O)c1ccc(OC)cc1N. The van der Waals surface area contributed by atoms with Gasteiger partial charge in [-0.15, -0.1) is 0 Å². The second kappa shape index (κ2) is 6.89. The smallest absolute Gasteiger partial charge is 0.253 e. The Morgan fingerprint density at radius 1 is 1.39 bits per heavy atom. The van der Waals surface area contributed by atoms with Crippen molar-refractivity contribution in [3.8, 4) is 5.75 Å². The molecule has 1 aromatic rings. The predicted octanol–water partition coefficient (Wildman–Crippen LogP) is 2.44. The first-order valence-corrected chi connectivity index (χ1v) is 6.34. The van der Waals surface area contributed by atoms with E-state index in [0.29, 0.717) is 29.5 Å². The zero-order valence-electron chi connectivity index (χ0n) is 11.3. The summed E-state index contributed by atoms with van der Waals surface area (Å²) < 4.78 is 5.05. The van der Waals surface area contributed by atoms with Crippen molar-refractivity contribution in [2.75, 3.05) is 19.4 Å². The van der Waals surface area contributed by atoms with Gasteiger partial charge in [-0.25, -0.2) is 0 Å². The predicted molar refractivity (Wildman–Crippen MR) is 73.8 cm³/mol. The van der Waals surface area contributed by atoms with Crippen LogP contribution in [0.2, 0.25) is 0 Å². The maximum absolute atomic E-state index is 12.0. The Kier molecular flexibility index (Phi) is 5.49. The van der Waals surface area contributed by atoms with Crippen molar-refractivity contribution in [3.63, 3.8) is 0 Å². The molecule has 0 aliphatic carbocycles. The van der Waals surface area contributed by atoms with Crippen molar-refractivity contribution in [2.45, 2.75) is 26.7 Å². The van der Waals surface area contributed by atoms with Gasteiger partial charge in [-0.1, -0.05) is 26.7 Å². The third kappa shape index (κ3) is 3.65. The van der Waals surface area contributed by atoms with Crippen molar-refractivity contribution < 1.29 is 9.53 Å². The van der Waals surface area contributed by atoms with Crippen LogP contribution < -0.4 is 15.8 Å². The molecule has 1 amide bonds. The van der Waals surface area contributed by atoms with E-state index in [4.69, 9.17) is 10.5 Å². The summed E-state index contributed by atoms with van der Waals surface area (Å²) >= 11 is 0. The van der Waals surface area contributed by atoms with Crippen molar-refractivity contribution in [3.05, 3.63) is 23.8 Å². The molecule has 0 saturated heterocycles. The van der Waals surface area contributed by atoms with E-state index >= 15 is 0 Å². The molecule has 1 rings (SSSR count). The van der Waals surface area contributed by atoms with Gasteiger partial charge in [0.2, 0.25) is 0 Å². The standard InChI is InChI=1S/C14H22N2O2/c1-4-10(5-2)9-16-14(17)12-7-6-11(18-3)8-13(12)15/h6-8,10H,4-5,9,15H2,1-3H3,(H,16,17). The number of carbonyl (C=O) groups excluding carboxylic acids is 1. The van der Waals surface area contributed by atoms with E-state index in [2.05, 4.69) is 19.2 Å². The molecule has 4 nitrogen and oxygen atoms in total. The molecule has 0 unspecified atom stereocenters. The molecular formula is C14H22N2O2. The summed E-state index contributed by atoms with van der Waals surface area (Å²) in [6.07, 6.45) is 2.13. The van der Waals surface area contributed by atoms with Crippen LogP contribution in [0.5, 0.6) is 5.75 Å². The molecule has 0 saturated carbocycles. The second-order valence-electron chi connectivity index (χ2n) is 4.35. The van der Waals surface area contributed by atoms with Crippen LogP contribution in [0.25, 0.3) is 0 Å². The highest BCUT2D eigenvalue weighted by atomic mass is 16.5. The Hall–Kier alpha value is -1.71. The minimum Gasteiger partial charge on any atom is -0.497 e. The molecule has 0 aliphatic rings. The fourth-order valence-electron chi connectivity index (χ4n) is 1.78. The quantitative estimate of drug-likeness (QED) is 0.762. The van der Waals surface area contributed by atoms with Crippen LogP contribution in [-0.2, 0) is 0 Å².